The first-order valence-corrected chi connectivity index (χ1v) is 4.98. The molecule has 0 radical (unpaired) electrons. The molecule has 0 saturated carbocycles. The van der Waals surface area contributed by atoms with Gasteiger partial charge in [-0.3, -0.25) is 0 Å². The van der Waals surface area contributed by atoms with E-state index in [2.05, 4.69) is 0 Å². The molecule has 0 unspecified atom stereocenters. The Kier molecular flexibility index (Phi) is 3.45. The maximum absolute atomic E-state index is 9.38. The second-order valence-corrected chi connectivity index (χ2v) is 4.00. The van der Waals surface area contributed by atoms with Crippen LogP contribution >= 0.6 is 11.8 Å². The standard InChI is InChI=1S/C9H13NO2S/c1-6(10)5-13-9-4-7(11)2-3-8(9)12/h2-4,6,11-12H,5,10H2,1H3/t6-/m1/s1. The molecule has 13 heavy (non-hydrogen) atoms. The number of aromatic hydroxyl groups is 2. The van der Waals surface area contributed by atoms with Crippen molar-refractivity contribution < 1.29 is 10.2 Å². The Morgan fingerprint density at radius 3 is 2.77 bits per heavy atom. The van der Waals surface area contributed by atoms with Gasteiger partial charge in [0.1, 0.15) is 11.5 Å². The molecule has 0 aliphatic heterocycles. The Hall–Kier alpha value is -0.870. The predicted molar refractivity (Wildman–Crippen MR) is 54.1 cm³/mol. The van der Waals surface area contributed by atoms with Gasteiger partial charge in [-0.05, 0) is 25.1 Å². The molecule has 4 N–H and O–H groups in total. The lowest BCUT2D eigenvalue weighted by Crippen LogP contribution is -2.17. The quantitative estimate of drug-likeness (QED) is 0.510. The van der Waals surface area contributed by atoms with E-state index in [4.69, 9.17) is 10.8 Å². The van der Waals surface area contributed by atoms with Crippen LogP contribution in [0, 0.1) is 0 Å². The van der Waals surface area contributed by atoms with Crippen molar-refractivity contribution in [2.45, 2.75) is 17.9 Å². The maximum atomic E-state index is 9.38. The molecule has 1 aromatic carbocycles. The van der Waals surface area contributed by atoms with Crippen molar-refractivity contribution in [2.75, 3.05) is 5.75 Å². The third-order valence-electron chi connectivity index (χ3n) is 1.45. The fourth-order valence-electron chi connectivity index (χ4n) is 0.840. The van der Waals surface area contributed by atoms with Gasteiger partial charge in [-0.1, -0.05) is 0 Å². The van der Waals surface area contributed by atoms with E-state index >= 15 is 0 Å². The highest BCUT2D eigenvalue weighted by atomic mass is 32.2. The predicted octanol–water partition coefficient (Wildman–Crippen LogP) is 1.54. The van der Waals surface area contributed by atoms with Crippen LogP contribution < -0.4 is 5.73 Å². The van der Waals surface area contributed by atoms with E-state index in [0.29, 0.717) is 4.90 Å². The van der Waals surface area contributed by atoms with Crippen molar-refractivity contribution in [2.24, 2.45) is 5.73 Å². The topological polar surface area (TPSA) is 66.5 Å². The van der Waals surface area contributed by atoms with E-state index in [9.17, 15) is 5.11 Å². The number of hydrogen-bond donors (Lipinski definition) is 3. The summed E-state index contributed by atoms with van der Waals surface area (Å²) in [5.41, 5.74) is 5.56. The summed E-state index contributed by atoms with van der Waals surface area (Å²) in [5.74, 6) is 1.06. The smallest absolute Gasteiger partial charge is 0.129 e. The molecule has 1 aromatic rings. The van der Waals surface area contributed by atoms with E-state index in [0.717, 1.165) is 5.75 Å². The van der Waals surface area contributed by atoms with Gasteiger partial charge in [0, 0.05) is 11.8 Å². The molecule has 3 nitrogen and oxygen atoms in total. The van der Waals surface area contributed by atoms with Crippen molar-refractivity contribution in [1.29, 1.82) is 0 Å². The van der Waals surface area contributed by atoms with Gasteiger partial charge in [-0.2, -0.15) is 0 Å². The van der Waals surface area contributed by atoms with Crippen LogP contribution in [0.4, 0.5) is 0 Å². The highest BCUT2D eigenvalue weighted by molar-refractivity contribution is 7.99. The lowest BCUT2D eigenvalue weighted by Gasteiger charge is -2.06. The van der Waals surface area contributed by atoms with Crippen LogP contribution in [0.1, 0.15) is 6.92 Å². The van der Waals surface area contributed by atoms with Gasteiger partial charge in [0.05, 0.1) is 4.90 Å². The average molecular weight is 199 g/mol. The third kappa shape index (κ3) is 3.16. The third-order valence-corrected chi connectivity index (χ3v) is 2.78. The lowest BCUT2D eigenvalue weighted by molar-refractivity contribution is 0.448. The summed E-state index contributed by atoms with van der Waals surface area (Å²) < 4.78 is 0. The molecule has 0 spiro atoms. The van der Waals surface area contributed by atoms with E-state index in [1.807, 2.05) is 6.92 Å². The number of phenols is 2. The number of phenolic OH excluding ortho intramolecular Hbond substituents is 2. The van der Waals surface area contributed by atoms with Crippen molar-refractivity contribution in [3.8, 4) is 11.5 Å². The Morgan fingerprint density at radius 2 is 2.15 bits per heavy atom. The Morgan fingerprint density at radius 1 is 1.46 bits per heavy atom. The second kappa shape index (κ2) is 4.39. The molecule has 1 rings (SSSR count). The van der Waals surface area contributed by atoms with Gasteiger partial charge in [0.2, 0.25) is 0 Å². The van der Waals surface area contributed by atoms with E-state index in [-0.39, 0.29) is 17.5 Å². The molecule has 0 aromatic heterocycles. The molecule has 0 aliphatic carbocycles. The summed E-state index contributed by atoms with van der Waals surface area (Å²) in [6.07, 6.45) is 0. The average Bonchev–Trinajstić information content (AvgIpc) is 2.06. The Labute approximate surface area is 81.6 Å². The summed E-state index contributed by atoms with van der Waals surface area (Å²) >= 11 is 1.43. The number of nitrogens with two attached hydrogens (primary N) is 1. The highest BCUT2D eigenvalue weighted by Crippen LogP contribution is 2.31. The lowest BCUT2D eigenvalue weighted by atomic mass is 10.3. The Balaban J connectivity index is 2.70. The second-order valence-electron chi connectivity index (χ2n) is 2.94. The van der Waals surface area contributed by atoms with E-state index in [1.165, 1.54) is 30.0 Å². The first kappa shape index (κ1) is 10.2. The van der Waals surface area contributed by atoms with Gasteiger partial charge >= 0.3 is 0 Å². The summed E-state index contributed by atoms with van der Waals surface area (Å²) in [7, 11) is 0. The summed E-state index contributed by atoms with van der Waals surface area (Å²) in [6.45, 7) is 1.90. The molecule has 1 atom stereocenters. The minimum absolute atomic E-state index is 0.0757. The minimum atomic E-state index is 0.0757. The molecule has 0 amide bonds. The first-order valence-electron chi connectivity index (χ1n) is 4.00. The number of thioether (sulfide) groups is 1. The normalized spacial score (nSPS) is 12.8. The van der Waals surface area contributed by atoms with Crippen molar-refractivity contribution in [3.05, 3.63) is 18.2 Å². The van der Waals surface area contributed by atoms with Gasteiger partial charge in [-0.25, -0.2) is 0 Å². The highest BCUT2D eigenvalue weighted by Gasteiger charge is 2.04. The van der Waals surface area contributed by atoms with Crippen LogP contribution in [0.3, 0.4) is 0 Å². The largest absolute Gasteiger partial charge is 0.508 e. The van der Waals surface area contributed by atoms with E-state index in [1.54, 1.807) is 0 Å². The Bertz CT molecular complexity index is 289. The van der Waals surface area contributed by atoms with E-state index < -0.39 is 0 Å². The zero-order chi connectivity index (χ0) is 9.84. The monoisotopic (exact) mass is 199 g/mol. The van der Waals surface area contributed by atoms with Gasteiger partial charge < -0.3 is 15.9 Å². The number of rotatable bonds is 3. The summed E-state index contributed by atoms with van der Waals surface area (Å²) in [6, 6.07) is 4.53. The zero-order valence-electron chi connectivity index (χ0n) is 7.40. The van der Waals surface area contributed by atoms with Gasteiger partial charge in [0.15, 0.2) is 0 Å². The fourth-order valence-corrected chi connectivity index (χ4v) is 1.70. The van der Waals surface area contributed by atoms with Crippen molar-refractivity contribution in [3.63, 3.8) is 0 Å². The molecule has 4 heteroatoms. The summed E-state index contributed by atoms with van der Waals surface area (Å²) in [5, 5.41) is 18.5. The molecule has 0 fully saturated rings. The van der Waals surface area contributed by atoms with Crippen LogP contribution in [-0.2, 0) is 0 Å². The molecule has 0 saturated heterocycles. The first-order chi connectivity index (χ1) is 6.09. The fraction of sp³-hybridized carbons (Fsp3) is 0.333. The van der Waals surface area contributed by atoms with Crippen molar-refractivity contribution in [1.82, 2.24) is 0 Å². The van der Waals surface area contributed by atoms with Crippen LogP contribution in [0.5, 0.6) is 11.5 Å². The molecule has 72 valence electrons. The number of benzene rings is 1. The van der Waals surface area contributed by atoms with Crippen LogP contribution in [-0.4, -0.2) is 22.0 Å². The van der Waals surface area contributed by atoms with Crippen LogP contribution in [0.15, 0.2) is 23.1 Å². The van der Waals surface area contributed by atoms with Gasteiger partial charge in [-0.15, -0.1) is 11.8 Å². The van der Waals surface area contributed by atoms with Crippen LogP contribution in [0.25, 0.3) is 0 Å². The SMILES string of the molecule is C[C@@H](N)CSc1cc(O)ccc1O. The number of hydrogen-bond acceptors (Lipinski definition) is 4. The summed E-state index contributed by atoms with van der Waals surface area (Å²) in [4.78, 5) is 0.664. The molecular formula is C9H13NO2S. The van der Waals surface area contributed by atoms with Gasteiger partial charge in [0.25, 0.3) is 0 Å². The minimum Gasteiger partial charge on any atom is -0.508 e. The molecule has 0 aliphatic rings. The van der Waals surface area contributed by atoms with Crippen LogP contribution in [0.2, 0.25) is 0 Å². The van der Waals surface area contributed by atoms with Crippen molar-refractivity contribution >= 4 is 11.8 Å². The maximum Gasteiger partial charge on any atom is 0.129 e. The molecule has 0 bridgehead atoms. The molecular weight excluding hydrogens is 186 g/mol. The molecule has 0 heterocycles. The zero-order valence-corrected chi connectivity index (χ0v) is 8.21.